The zero-order valence-electron chi connectivity index (χ0n) is 12.5. The summed E-state index contributed by atoms with van der Waals surface area (Å²) in [6.45, 7) is 9.73. The van der Waals surface area contributed by atoms with Crippen molar-refractivity contribution < 1.29 is 9.31 Å². The molecule has 1 aromatic rings. The molecule has 0 amide bonds. The van der Waals surface area contributed by atoms with Crippen molar-refractivity contribution in [2.45, 2.75) is 34.2 Å². The molecule has 0 radical (unpaired) electrons. The lowest BCUT2D eigenvalue weighted by atomic mass is 9.85. The molecule has 1 rings (SSSR count). The number of nitrogens with one attached hydrogen (secondary N) is 1. The molecule has 0 spiro atoms. The Bertz CT molecular complexity index is 453. The zero-order valence-corrected chi connectivity index (χ0v) is 12.5. The minimum absolute atomic E-state index is 0.0375. The van der Waals surface area contributed by atoms with Crippen LogP contribution in [0.5, 0.6) is 0 Å². The predicted octanol–water partition coefficient (Wildman–Crippen LogP) is 3.75. The highest BCUT2D eigenvalue weighted by atomic mass is 19.1. The van der Waals surface area contributed by atoms with Crippen molar-refractivity contribution in [3.8, 4) is 0 Å². The SMILES string of the molecule is CC(C)C(CNCc1cc(F)ccc1[N+](=O)[O-])C(C)C. The summed E-state index contributed by atoms with van der Waals surface area (Å²) in [7, 11) is 0. The number of nitro benzene ring substituents is 1. The number of hydrogen-bond acceptors (Lipinski definition) is 3. The average Bonchev–Trinajstić information content (AvgIpc) is 2.33. The lowest BCUT2D eigenvalue weighted by molar-refractivity contribution is -0.385. The van der Waals surface area contributed by atoms with E-state index in [-0.39, 0.29) is 5.69 Å². The van der Waals surface area contributed by atoms with Gasteiger partial charge in [-0.15, -0.1) is 0 Å². The molecule has 1 aromatic carbocycles. The van der Waals surface area contributed by atoms with E-state index in [0.29, 0.717) is 29.9 Å². The zero-order chi connectivity index (χ0) is 15.3. The third-order valence-electron chi connectivity index (χ3n) is 3.65. The summed E-state index contributed by atoms with van der Waals surface area (Å²) in [5.74, 6) is 1.11. The number of halogens is 1. The van der Waals surface area contributed by atoms with Crippen LogP contribution in [-0.2, 0) is 6.54 Å². The third-order valence-corrected chi connectivity index (χ3v) is 3.65. The number of hydrogen-bond donors (Lipinski definition) is 1. The van der Waals surface area contributed by atoms with Gasteiger partial charge in [-0.1, -0.05) is 27.7 Å². The Labute approximate surface area is 119 Å². The van der Waals surface area contributed by atoms with Crippen molar-refractivity contribution in [1.29, 1.82) is 0 Å². The fourth-order valence-electron chi connectivity index (χ4n) is 2.49. The molecule has 0 fully saturated rings. The summed E-state index contributed by atoms with van der Waals surface area (Å²) in [4.78, 5) is 10.4. The normalized spacial score (nSPS) is 11.6. The standard InChI is InChI=1S/C15H23FN2O2/c1-10(2)14(11(3)4)9-17-8-12-7-13(16)5-6-15(12)18(19)20/h5-7,10-11,14,17H,8-9H2,1-4H3. The van der Waals surface area contributed by atoms with Gasteiger partial charge < -0.3 is 5.32 Å². The van der Waals surface area contributed by atoms with Crippen LogP contribution in [0.25, 0.3) is 0 Å². The van der Waals surface area contributed by atoms with Gasteiger partial charge >= 0.3 is 0 Å². The van der Waals surface area contributed by atoms with Crippen molar-refractivity contribution in [3.63, 3.8) is 0 Å². The predicted molar refractivity (Wildman–Crippen MR) is 77.9 cm³/mol. The summed E-state index contributed by atoms with van der Waals surface area (Å²) in [5.41, 5.74) is 0.353. The molecule has 0 saturated heterocycles. The van der Waals surface area contributed by atoms with Gasteiger partial charge in [-0.3, -0.25) is 10.1 Å². The van der Waals surface area contributed by atoms with Crippen LogP contribution >= 0.6 is 0 Å². The second kappa shape index (κ2) is 7.33. The van der Waals surface area contributed by atoms with Gasteiger partial charge in [0.25, 0.3) is 5.69 Å². The van der Waals surface area contributed by atoms with Crippen molar-refractivity contribution in [2.24, 2.45) is 17.8 Å². The van der Waals surface area contributed by atoms with E-state index in [1.54, 1.807) is 0 Å². The first-order chi connectivity index (χ1) is 9.32. The molecule has 5 heteroatoms. The lowest BCUT2D eigenvalue weighted by Crippen LogP contribution is -2.29. The smallest absolute Gasteiger partial charge is 0.274 e. The summed E-state index contributed by atoms with van der Waals surface area (Å²) in [5, 5.41) is 14.1. The van der Waals surface area contributed by atoms with E-state index in [1.165, 1.54) is 12.1 Å². The maximum Gasteiger partial charge on any atom is 0.274 e. The van der Waals surface area contributed by atoms with Gasteiger partial charge in [0.1, 0.15) is 5.82 Å². The first-order valence-corrected chi connectivity index (χ1v) is 6.96. The largest absolute Gasteiger partial charge is 0.312 e. The number of benzene rings is 1. The van der Waals surface area contributed by atoms with E-state index in [1.807, 2.05) is 0 Å². The third kappa shape index (κ3) is 4.56. The molecule has 20 heavy (non-hydrogen) atoms. The van der Waals surface area contributed by atoms with E-state index in [4.69, 9.17) is 0 Å². The molecule has 0 atom stereocenters. The second-order valence-corrected chi connectivity index (χ2v) is 5.81. The van der Waals surface area contributed by atoms with Crippen LogP contribution in [0.3, 0.4) is 0 Å². The minimum Gasteiger partial charge on any atom is -0.312 e. The van der Waals surface area contributed by atoms with Crippen molar-refractivity contribution in [2.75, 3.05) is 6.54 Å². The monoisotopic (exact) mass is 282 g/mol. The summed E-state index contributed by atoms with van der Waals surface area (Å²) in [6.07, 6.45) is 0. The Balaban J connectivity index is 2.70. The van der Waals surface area contributed by atoms with Crippen LogP contribution in [-0.4, -0.2) is 11.5 Å². The van der Waals surface area contributed by atoms with Gasteiger partial charge in [0.15, 0.2) is 0 Å². The molecular formula is C15H23FN2O2. The average molecular weight is 282 g/mol. The number of nitrogens with zero attached hydrogens (tertiary/aromatic N) is 1. The quantitative estimate of drug-likeness (QED) is 0.612. The van der Waals surface area contributed by atoms with Gasteiger partial charge in [-0.05, 0) is 36.4 Å². The Kier molecular flexibility index (Phi) is 6.07. The molecule has 4 nitrogen and oxygen atoms in total. The lowest BCUT2D eigenvalue weighted by Gasteiger charge is -2.25. The first-order valence-electron chi connectivity index (χ1n) is 6.96. The van der Waals surface area contributed by atoms with E-state index >= 15 is 0 Å². The number of nitro groups is 1. The highest BCUT2D eigenvalue weighted by Crippen LogP contribution is 2.21. The van der Waals surface area contributed by atoms with Crippen molar-refractivity contribution >= 4 is 5.69 Å². The summed E-state index contributed by atoms with van der Waals surface area (Å²) < 4.78 is 13.2. The molecule has 0 aliphatic carbocycles. The topological polar surface area (TPSA) is 55.2 Å². The highest BCUT2D eigenvalue weighted by molar-refractivity contribution is 5.40. The first kappa shape index (κ1) is 16.6. The van der Waals surface area contributed by atoms with Crippen LogP contribution in [0.4, 0.5) is 10.1 Å². The van der Waals surface area contributed by atoms with Crippen LogP contribution in [0.2, 0.25) is 0 Å². The Morgan fingerprint density at radius 1 is 1.25 bits per heavy atom. The molecule has 0 heterocycles. The van der Waals surface area contributed by atoms with Gasteiger partial charge in [0.2, 0.25) is 0 Å². The summed E-state index contributed by atoms with van der Waals surface area (Å²) in [6, 6.07) is 3.56. The van der Waals surface area contributed by atoms with E-state index in [9.17, 15) is 14.5 Å². The molecule has 1 N–H and O–H groups in total. The van der Waals surface area contributed by atoms with E-state index in [0.717, 1.165) is 12.6 Å². The van der Waals surface area contributed by atoms with Gasteiger partial charge in [-0.25, -0.2) is 4.39 Å². The van der Waals surface area contributed by atoms with Crippen molar-refractivity contribution in [3.05, 3.63) is 39.7 Å². The van der Waals surface area contributed by atoms with Crippen LogP contribution < -0.4 is 5.32 Å². The van der Waals surface area contributed by atoms with Crippen molar-refractivity contribution in [1.82, 2.24) is 5.32 Å². The van der Waals surface area contributed by atoms with Crippen LogP contribution in [0.1, 0.15) is 33.3 Å². The van der Waals surface area contributed by atoms with Gasteiger partial charge in [0.05, 0.1) is 4.92 Å². The van der Waals surface area contributed by atoms with Crippen LogP contribution in [0.15, 0.2) is 18.2 Å². The Morgan fingerprint density at radius 2 is 1.85 bits per heavy atom. The fraction of sp³-hybridized carbons (Fsp3) is 0.600. The van der Waals surface area contributed by atoms with Gasteiger partial charge in [0, 0.05) is 18.2 Å². The molecule has 0 aliphatic rings. The molecule has 0 aliphatic heterocycles. The fourth-order valence-corrected chi connectivity index (χ4v) is 2.49. The van der Waals surface area contributed by atoms with E-state index < -0.39 is 10.7 Å². The molecule has 0 bridgehead atoms. The molecular weight excluding hydrogens is 259 g/mol. The Morgan fingerprint density at radius 3 is 2.35 bits per heavy atom. The maximum absolute atomic E-state index is 13.2. The van der Waals surface area contributed by atoms with Gasteiger partial charge in [-0.2, -0.15) is 0 Å². The summed E-state index contributed by atoms with van der Waals surface area (Å²) >= 11 is 0. The second-order valence-electron chi connectivity index (χ2n) is 5.81. The molecule has 112 valence electrons. The minimum atomic E-state index is -0.473. The maximum atomic E-state index is 13.2. The van der Waals surface area contributed by atoms with Crippen LogP contribution in [0, 0.1) is 33.7 Å². The molecule has 0 unspecified atom stereocenters. The number of rotatable bonds is 7. The highest BCUT2D eigenvalue weighted by Gasteiger charge is 2.18. The Hall–Kier alpha value is -1.49. The molecule has 0 saturated carbocycles. The van der Waals surface area contributed by atoms with E-state index in [2.05, 4.69) is 33.0 Å². The molecule has 0 aromatic heterocycles.